The van der Waals surface area contributed by atoms with E-state index in [1.807, 2.05) is 62.4 Å². The lowest BCUT2D eigenvalue weighted by Gasteiger charge is -2.11. The maximum Gasteiger partial charge on any atom is 0.353 e. The SMILES string of the molecule is Cc1ccc(CNc2nc(N)c([N+](=O)[O-])c(Nc3ccc(C)cc3)n2)cc1. The minimum absolute atomic E-state index is 0.0442. The van der Waals surface area contributed by atoms with E-state index in [1.54, 1.807) is 0 Å². The van der Waals surface area contributed by atoms with Crippen molar-refractivity contribution in [3.8, 4) is 0 Å². The van der Waals surface area contributed by atoms with Crippen LogP contribution in [0.15, 0.2) is 48.5 Å². The topological polar surface area (TPSA) is 119 Å². The van der Waals surface area contributed by atoms with Crippen molar-refractivity contribution in [1.82, 2.24) is 9.97 Å². The van der Waals surface area contributed by atoms with E-state index in [0.29, 0.717) is 12.2 Å². The van der Waals surface area contributed by atoms with Crippen molar-refractivity contribution >= 4 is 29.0 Å². The number of nitrogens with one attached hydrogen (secondary N) is 2. The van der Waals surface area contributed by atoms with Crippen LogP contribution >= 0.6 is 0 Å². The van der Waals surface area contributed by atoms with Crippen LogP contribution in [0.2, 0.25) is 0 Å². The van der Waals surface area contributed by atoms with Gasteiger partial charge in [0.25, 0.3) is 0 Å². The van der Waals surface area contributed by atoms with Crippen molar-refractivity contribution in [2.75, 3.05) is 16.4 Å². The van der Waals surface area contributed by atoms with Crippen LogP contribution in [0.4, 0.5) is 29.0 Å². The van der Waals surface area contributed by atoms with Gasteiger partial charge in [-0.15, -0.1) is 0 Å². The van der Waals surface area contributed by atoms with Crippen molar-refractivity contribution in [1.29, 1.82) is 0 Å². The first-order chi connectivity index (χ1) is 12.9. The predicted molar refractivity (Wildman–Crippen MR) is 106 cm³/mol. The number of aromatic nitrogens is 2. The molecule has 0 fully saturated rings. The van der Waals surface area contributed by atoms with Gasteiger partial charge in [-0.3, -0.25) is 10.1 Å². The summed E-state index contributed by atoms with van der Waals surface area (Å²) < 4.78 is 0. The lowest BCUT2D eigenvalue weighted by Crippen LogP contribution is -2.10. The van der Waals surface area contributed by atoms with Crippen LogP contribution in [0, 0.1) is 24.0 Å². The molecule has 1 heterocycles. The Labute approximate surface area is 156 Å². The highest BCUT2D eigenvalue weighted by molar-refractivity contribution is 5.74. The van der Waals surface area contributed by atoms with Crippen LogP contribution in [0.1, 0.15) is 16.7 Å². The van der Waals surface area contributed by atoms with Gasteiger partial charge in [0.05, 0.1) is 4.92 Å². The smallest absolute Gasteiger partial charge is 0.353 e. The van der Waals surface area contributed by atoms with E-state index in [2.05, 4.69) is 20.6 Å². The second-order valence-corrected chi connectivity index (χ2v) is 6.22. The minimum Gasteiger partial charge on any atom is -0.378 e. The third kappa shape index (κ3) is 4.49. The molecule has 0 amide bonds. The molecule has 0 aliphatic carbocycles. The molecule has 2 aromatic carbocycles. The molecule has 8 nitrogen and oxygen atoms in total. The zero-order valence-electron chi connectivity index (χ0n) is 15.1. The molecule has 0 aliphatic heterocycles. The van der Waals surface area contributed by atoms with E-state index >= 15 is 0 Å². The summed E-state index contributed by atoms with van der Waals surface area (Å²) in [6.45, 7) is 4.45. The summed E-state index contributed by atoms with van der Waals surface area (Å²) in [5.74, 6) is 0.0621. The van der Waals surface area contributed by atoms with Gasteiger partial charge in [0.2, 0.25) is 17.6 Å². The summed E-state index contributed by atoms with van der Waals surface area (Å²) in [6, 6.07) is 15.4. The van der Waals surface area contributed by atoms with Gasteiger partial charge in [0.15, 0.2) is 0 Å². The Kier molecular flexibility index (Phi) is 5.16. The zero-order valence-corrected chi connectivity index (χ0v) is 15.1. The third-order valence-electron chi connectivity index (χ3n) is 3.98. The highest BCUT2D eigenvalue weighted by Crippen LogP contribution is 2.31. The molecular formula is C19H20N6O2. The van der Waals surface area contributed by atoms with Gasteiger partial charge >= 0.3 is 5.69 Å². The number of nitrogens with zero attached hydrogens (tertiary/aromatic N) is 3. The van der Waals surface area contributed by atoms with Gasteiger partial charge in [0, 0.05) is 12.2 Å². The zero-order chi connectivity index (χ0) is 19.4. The lowest BCUT2D eigenvalue weighted by molar-refractivity contribution is -0.383. The molecule has 0 unspecified atom stereocenters. The number of anilines is 4. The number of rotatable bonds is 6. The molecule has 0 atom stereocenters. The van der Waals surface area contributed by atoms with E-state index in [9.17, 15) is 10.1 Å². The van der Waals surface area contributed by atoms with Gasteiger partial charge in [0.1, 0.15) is 0 Å². The van der Waals surface area contributed by atoms with Gasteiger partial charge in [-0.2, -0.15) is 9.97 Å². The second-order valence-electron chi connectivity index (χ2n) is 6.22. The van der Waals surface area contributed by atoms with Crippen LogP contribution < -0.4 is 16.4 Å². The van der Waals surface area contributed by atoms with Crippen LogP contribution in [-0.4, -0.2) is 14.9 Å². The number of nitrogen functional groups attached to an aromatic ring is 1. The second kappa shape index (κ2) is 7.69. The molecule has 4 N–H and O–H groups in total. The minimum atomic E-state index is -0.588. The average Bonchev–Trinajstić information content (AvgIpc) is 2.62. The van der Waals surface area contributed by atoms with Crippen molar-refractivity contribution in [3.63, 3.8) is 0 Å². The first-order valence-electron chi connectivity index (χ1n) is 8.37. The molecule has 0 saturated heterocycles. The van der Waals surface area contributed by atoms with Gasteiger partial charge < -0.3 is 16.4 Å². The summed E-state index contributed by atoms with van der Waals surface area (Å²) in [7, 11) is 0. The van der Waals surface area contributed by atoms with E-state index in [0.717, 1.165) is 11.1 Å². The Hall–Kier alpha value is -3.68. The lowest BCUT2D eigenvalue weighted by atomic mass is 10.1. The maximum atomic E-state index is 11.4. The van der Waals surface area contributed by atoms with E-state index < -0.39 is 4.92 Å². The average molecular weight is 364 g/mol. The molecule has 3 rings (SSSR count). The normalized spacial score (nSPS) is 10.4. The van der Waals surface area contributed by atoms with Crippen molar-refractivity contribution in [2.45, 2.75) is 20.4 Å². The fourth-order valence-corrected chi connectivity index (χ4v) is 2.48. The first-order valence-corrected chi connectivity index (χ1v) is 8.37. The molecule has 8 heteroatoms. The Balaban J connectivity index is 1.86. The number of benzene rings is 2. The molecule has 0 aliphatic rings. The molecule has 138 valence electrons. The molecule has 3 aromatic rings. The van der Waals surface area contributed by atoms with Gasteiger partial charge in [-0.05, 0) is 31.5 Å². The maximum absolute atomic E-state index is 11.4. The predicted octanol–water partition coefficient (Wildman–Crippen LogP) is 3.94. The van der Waals surface area contributed by atoms with Crippen LogP contribution in [0.3, 0.4) is 0 Å². The van der Waals surface area contributed by atoms with E-state index in [4.69, 9.17) is 5.73 Å². The number of nitrogens with two attached hydrogens (primary N) is 1. The highest BCUT2D eigenvalue weighted by atomic mass is 16.6. The molecule has 0 bridgehead atoms. The molecule has 0 spiro atoms. The summed E-state index contributed by atoms with van der Waals surface area (Å²) in [4.78, 5) is 19.1. The number of nitro groups is 1. The molecule has 1 aromatic heterocycles. The van der Waals surface area contributed by atoms with E-state index in [-0.39, 0.29) is 23.3 Å². The number of aryl methyl sites for hydroxylation is 2. The summed E-state index contributed by atoms with van der Waals surface area (Å²) in [6.07, 6.45) is 0. The molecule has 0 saturated carbocycles. The fourth-order valence-electron chi connectivity index (χ4n) is 2.48. The Morgan fingerprint density at radius 1 is 1.00 bits per heavy atom. The monoisotopic (exact) mass is 364 g/mol. The summed E-state index contributed by atoms with van der Waals surface area (Å²) in [5, 5.41) is 17.4. The van der Waals surface area contributed by atoms with Crippen molar-refractivity contribution < 1.29 is 4.92 Å². The largest absolute Gasteiger partial charge is 0.378 e. The standard InChI is InChI=1S/C19H20N6O2/c1-12-3-7-14(8-4-12)11-21-19-23-17(20)16(25(26)27)18(24-19)22-15-9-5-13(2)6-10-15/h3-10H,11H2,1-2H3,(H4,20,21,22,23,24). The van der Waals surface area contributed by atoms with E-state index in [1.165, 1.54) is 5.56 Å². The Bertz CT molecular complexity index is 955. The highest BCUT2D eigenvalue weighted by Gasteiger charge is 2.23. The number of hydrogen-bond donors (Lipinski definition) is 3. The molecule has 27 heavy (non-hydrogen) atoms. The van der Waals surface area contributed by atoms with Crippen molar-refractivity contribution in [2.24, 2.45) is 0 Å². The summed E-state index contributed by atoms with van der Waals surface area (Å²) >= 11 is 0. The van der Waals surface area contributed by atoms with Gasteiger partial charge in [-0.1, -0.05) is 47.5 Å². The van der Waals surface area contributed by atoms with Crippen molar-refractivity contribution in [3.05, 3.63) is 75.3 Å². The van der Waals surface area contributed by atoms with Crippen LogP contribution in [0.5, 0.6) is 0 Å². The molecular weight excluding hydrogens is 344 g/mol. The Morgan fingerprint density at radius 2 is 1.59 bits per heavy atom. The molecule has 0 radical (unpaired) electrons. The fraction of sp³-hybridized carbons (Fsp3) is 0.158. The van der Waals surface area contributed by atoms with Crippen LogP contribution in [0.25, 0.3) is 0 Å². The third-order valence-corrected chi connectivity index (χ3v) is 3.98. The van der Waals surface area contributed by atoms with Crippen LogP contribution in [-0.2, 0) is 6.54 Å². The van der Waals surface area contributed by atoms with Gasteiger partial charge in [-0.25, -0.2) is 0 Å². The Morgan fingerprint density at radius 3 is 2.19 bits per heavy atom. The quantitative estimate of drug-likeness (QED) is 0.447. The summed E-state index contributed by atoms with van der Waals surface area (Å²) in [5.41, 5.74) is 9.42. The first kappa shape index (κ1) is 18.1. The number of hydrogen-bond acceptors (Lipinski definition) is 7.